The van der Waals surface area contributed by atoms with Crippen molar-refractivity contribution in [1.29, 1.82) is 0 Å². The SMILES string of the molecule is CN(C(=O)Nc1ccccc1SC(F)F)C1CCC(CO)CC1. The number of benzene rings is 1. The summed E-state index contributed by atoms with van der Waals surface area (Å²) in [7, 11) is 1.72. The van der Waals surface area contributed by atoms with Gasteiger partial charge in [-0.25, -0.2) is 4.79 Å². The van der Waals surface area contributed by atoms with Crippen LogP contribution in [0.2, 0.25) is 0 Å². The van der Waals surface area contributed by atoms with Crippen LogP contribution in [0.3, 0.4) is 0 Å². The Bertz CT molecular complexity index is 523. The lowest BCUT2D eigenvalue weighted by atomic mass is 9.86. The van der Waals surface area contributed by atoms with Crippen molar-refractivity contribution in [2.45, 2.75) is 42.4 Å². The normalized spacial score (nSPS) is 21.3. The first kappa shape index (κ1) is 18.0. The van der Waals surface area contributed by atoms with Crippen LogP contribution in [-0.4, -0.2) is 41.5 Å². The Kier molecular flexibility index (Phi) is 6.65. The van der Waals surface area contributed by atoms with Crippen molar-refractivity contribution in [2.75, 3.05) is 19.0 Å². The number of amides is 2. The molecule has 0 aromatic heterocycles. The number of rotatable bonds is 5. The van der Waals surface area contributed by atoms with Gasteiger partial charge in [0.25, 0.3) is 5.76 Å². The highest BCUT2D eigenvalue weighted by Crippen LogP contribution is 2.32. The monoisotopic (exact) mass is 344 g/mol. The van der Waals surface area contributed by atoms with Crippen molar-refractivity contribution in [1.82, 2.24) is 4.90 Å². The van der Waals surface area contributed by atoms with Crippen LogP contribution in [0.25, 0.3) is 0 Å². The number of hydrogen-bond donors (Lipinski definition) is 2. The first-order valence-electron chi connectivity index (χ1n) is 7.69. The summed E-state index contributed by atoms with van der Waals surface area (Å²) in [6, 6.07) is 6.39. The van der Waals surface area contributed by atoms with Crippen molar-refractivity contribution < 1.29 is 18.7 Å². The quantitative estimate of drug-likeness (QED) is 0.794. The van der Waals surface area contributed by atoms with Crippen LogP contribution in [0.5, 0.6) is 0 Å². The van der Waals surface area contributed by atoms with Crippen LogP contribution < -0.4 is 5.32 Å². The molecule has 0 heterocycles. The van der Waals surface area contributed by atoms with Gasteiger partial charge in [0.1, 0.15) is 0 Å². The number of aliphatic hydroxyl groups is 1. The number of para-hydroxylation sites is 1. The van der Waals surface area contributed by atoms with E-state index in [1.807, 2.05) is 0 Å². The molecule has 1 aromatic carbocycles. The number of alkyl halides is 2. The van der Waals surface area contributed by atoms with Crippen LogP contribution in [0.15, 0.2) is 29.2 Å². The smallest absolute Gasteiger partial charge is 0.321 e. The summed E-state index contributed by atoms with van der Waals surface area (Å²) in [5.41, 5.74) is 0.402. The molecule has 0 aliphatic heterocycles. The molecule has 1 aromatic rings. The first-order valence-corrected chi connectivity index (χ1v) is 8.57. The second kappa shape index (κ2) is 8.49. The summed E-state index contributed by atoms with van der Waals surface area (Å²) >= 11 is 0.423. The first-order chi connectivity index (χ1) is 11.0. The summed E-state index contributed by atoms with van der Waals surface area (Å²) in [5.74, 6) is -2.20. The summed E-state index contributed by atoms with van der Waals surface area (Å²) in [4.78, 5) is 14.4. The zero-order chi connectivity index (χ0) is 16.8. The van der Waals surface area contributed by atoms with E-state index in [0.717, 1.165) is 25.7 Å². The van der Waals surface area contributed by atoms with E-state index in [1.165, 1.54) is 0 Å². The van der Waals surface area contributed by atoms with Crippen LogP contribution in [0.1, 0.15) is 25.7 Å². The number of halogens is 2. The average molecular weight is 344 g/mol. The molecule has 23 heavy (non-hydrogen) atoms. The van der Waals surface area contributed by atoms with Gasteiger partial charge in [-0.3, -0.25) is 0 Å². The molecule has 2 amide bonds. The molecule has 0 saturated heterocycles. The predicted molar refractivity (Wildman–Crippen MR) is 87.9 cm³/mol. The highest BCUT2D eigenvalue weighted by Gasteiger charge is 2.26. The third kappa shape index (κ3) is 5.07. The number of carbonyl (C=O) groups excluding carboxylic acids is 1. The zero-order valence-corrected chi connectivity index (χ0v) is 13.9. The lowest BCUT2D eigenvalue weighted by Crippen LogP contribution is -2.42. The van der Waals surface area contributed by atoms with E-state index in [9.17, 15) is 13.6 Å². The van der Waals surface area contributed by atoms with E-state index in [-0.39, 0.29) is 18.7 Å². The fourth-order valence-corrected chi connectivity index (χ4v) is 3.45. The summed E-state index contributed by atoms with van der Waals surface area (Å²) in [5, 5.41) is 11.9. The van der Waals surface area contributed by atoms with Gasteiger partial charge in [-0.2, -0.15) is 8.78 Å². The van der Waals surface area contributed by atoms with Crippen LogP contribution >= 0.6 is 11.8 Å². The Morgan fingerprint density at radius 2 is 2.00 bits per heavy atom. The molecule has 2 rings (SSSR count). The lowest BCUT2D eigenvalue weighted by molar-refractivity contribution is 0.139. The molecular formula is C16H22F2N2O2S. The van der Waals surface area contributed by atoms with Gasteiger partial charge in [0.05, 0.1) is 5.69 Å². The number of nitrogens with zero attached hydrogens (tertiary/aromatic N) is 1. The van der Waals surface area contributed by atoms with Crippen molar-refractivity contribution in [3.8, 4) is 0 Å². The van der Waals surface area contributed by atoms with Crippen LogP contribution in [0, 0.1) is 5.92 Å². The fourth-order valence-electron chi connectivity index (χ4n) is 2.85. The molecular weight excluding hydrogens is 322 g/mol. The number of urea groups is 1. The molecule has 4 nitrogen and oxygen atoms in total. The van der Waals surface area contributed by atoms with E-state index in [2.05, 4.69) is 5.32 Å². The van der Waals surface area contributed by atoms with E-state index in [1.54, 1.807) is 36.2 Å². The maximum atomic E-state index is 12.6. The average Bonchev–Trinajstić information content (AvgIpc) is 2.55. The van der Waals surface area contributed by atoms with E-state index < -0.39 is 5.76 Å². The van der Waals surface area contributed by atoms with Gasteiger partial charge >= 0.3 is 6.03 Å². The van der Waals surface area contributed by atoms with E-state index >= 15 is 0 Å². The van der Waals surface area contributed by atoms with Crippen molar-refractivity contribution in [2.24, 2.45) is 5.92 Å². The van der Waals surface area contributed by atoms with Gasteiger partial charge in [0.2, 0.25) is 0 Å². The third-order valence-electron chi connectivity index (χ3n) is 4.29. The minimum Gasteiger partial charge on any atom is -0.396 e. The van der Waals surface area contributed by atoms with Crippen molar-refractivity contribution >= 4 is 23.5 Å². The van der Waals surface area contributed by atoms with Gasteiger partial charge in [-0.15, -0.1) is 0 Å². The van der Waals surface area contributed by atoms with E-state index in [4.69, 9.17) is 5.11 Å². The largest absolute Gasteiger partial charge is 0.396 e. The van der Waals surface area contributed by atoms with Gasteiger partial charge in [0.15, 0.2) is 0 Å². The molecule has 7 heteroatoms. The Balaban J connectivity index is 1.96. The second-order valence-electron chi connectivity index (χ2n) is 5.77. The molecule has 1 saturated carbocycles. The zero-order valence-electron chi connectivity index (χ0n) is 13.0. The Morgan fingerprint density at radius 3 is 2.61 bits per heavy atom. The standard InChI is InChI=1S/C16H22F2N2O2S/c1-20(12-8-6-11(10-21)7-9-12)16(22)19-13-4-2-3-5-14(13)23-15(17)18/h2-5,11-12,15,21H,6-10H2,1H3,(H,19,22). The number of nitrogens with one attached hydrogen (secondary N) is 1. The summed E-state index contributed by atoms with van der Waals surface area (Å²) in [6.45, 7) is 0.195. The second-order valence-corrected chi connectivity index (χ2v) is 6.80. The van der Waals surface area contributed by atoms with E-state index in [0.29, 0.717) is 28.3 Å². The molecule has 0 radical (unpaired) electrons. The molecule has 1 fully saturated rings. The van der Waals surface area contributed by atoms with Crippen LogP contribution in [0.4, 0.5) is 19.3 Å². The minimum atomic E-state index is -2.53. The third-order valence-corrected chi connectivity index (χ3v) is 5.08. The van der Waals surface area contributed by atoms with Crippen LogP contribution in [-0.2, 0) is 0 Å². The number of anilines is 1. The highest BCUT2D eigenvalue weighted by molar-refractivity contribution is 7.99. The molecule has 1 aliphatic carbocycles. The predicted octanol–water partition coefficient (Wildman–Crippen LogP) is 4.02. The summed E-state index contributed by atoms with van der Waals surface area (Å²) in [6.07, 6.45) is 3.50. The minimum absolute atomic E-state index is 0.118. The fraction of sp³-hybridized carbons (Fsp3) is 0.562. The molecule has 0 atom stereocenters. The number of aliphatic hydroxyl groups excluding tert-OH is 1. The maximum absolute atomic E-state index is 12.6. The Morgan fingerprint density at radius 1 is 1.35 bits per heavy atom. The molecule has 0 spiro atoms. The Hall–Kier alpha value is -1.34. The number of hydrogen-bond acceptors (Lipinski definition) is 3. The molecule has 0 unspecified atom stereocenters. The van der Waals surface area contributed by atoms with Gasteiger partial charge in [-0.1, -0.05) is 23.9 Å². The molecule has 1 aliphatic rings. The summed E-state index contributed by atoms with van der Waals surface area (Å²) < 4.78 is 25.2. The number of thioether (sulfide) groups is 1. The molecule has 128 valence electrons. The lowest BCUT2D eigenvalue weighted by Gasteiger charge is -2.34. The van der Waals surface area contributed by atoms with Gasteiger partial charge < -0.3 is 15.3 Å². The molecule has 2 N–H and O–H groups in total. The topological polar surface area (TPSA) is 52.6 Å². The maximum Gasteiger partial charge on any atom is 0.321 e. The van der Waals surface area contributed by atoms with Gasteiger partial charge in [0, 0.05) is 24.6 Å². The number of carbonyl (C=O) groups is 1. The Labute approximate surface area is 139 Å². The highest BCUT2D eigenvalue weighted by atomic mass is 32.2. The van der Waals surface area contributed by atoms with Crippen molar-refractivity contribution in [3.05, 3.63) is 24.3 Å². The van der Waals surface area contributed by atoms with Gasteiger partial charge in [-0.05, 0) is 43.7 Å². The molecule has 0 bridgehead atoms. The van der Waals surface area contributed by atoms with Crippen molar-refractivity contribution in [3.63, 3.8) is 0 Å².